The number of nitrogens with one attached hydrogen (secondary N) is 1. The van der Waals surface area contributed by atoms with E-state index in [1.807, 2.05) is 82.4 Å². The van der Waals surface area contributed by atoms with Crippen LogP contribution in [0.25, 0.3) is 17.1 Å². The molecule has 0 unspecified atom stereocenters. The van der Waals surface area contributed by atoms with E-state index in [2.05, 4.69) is 49.8 Å². The SMILES string of the molecule is C.CC(C)c1nnc(-c2ccc(F)cc2)n1-c1ccccc1.CCSC(=Nc1ccccc1)C(C)C.NNC(=O)c1ccc(F)cc1. The van der Waals surface area contributed by atoms with Crippen LogP contribution in [0.15, 0.2) is 114 Å². The van der Waals surface area contributed by atoms with E-state index in [9.17, 15) is 13.6 Å². The maximum absolute atomic E-state index is 13.1. The van der Waals surface area contributed by atoms with Crippen LogP contribution in [-0.4, -0.2) is 31.5 Å². The summed E-state index contributed by atoms with van der Waals surface area (Å²) < 4.78 is 27.4. The molecule has 1 amide bonds. The minimum Gasteiger partial charge on any atom is -0.290 e. The number of rotatable bonds is 7. The third-order valence-electron chi connectivity index (χ3n) is 6.34. The standard InChI is InChI=1S/C17H16FN3.C12H17NS.C7H7FN2O.CH4/c1-12(2)16-19-20-17(13-8-10-14(18)11-9-13)21(16)15-6-4-3-5-7-15;1-4-14-12(10(2)3)13-11-8-6-5-7-9-11;8-6-3-1-5(2-4-6)7(11)10-9;/h3-12H,1-2H3;5-10H,4H2,1-3H3;1-4H,9H2,(H,10,11);1H4. The van der Waals surface area contributed by atoms with Gasteiger partial charge in [-0.3, -0.25) is 14.8 Å². The zero-order valence-corrected chi connectivity index (χ0v) is 27.5. The number of aromatic nitrogens is 3. The molecule has 10 heteroatoms. The molecule has 4 aromatic carbocycles. The van der Waals surface area contributed by atoms with Gasteiger partial charge in [-0.15, -0.1) is 22.0 Å². The van der Waals surface area contributed by atoms with Crippen molar-refractivity contribution < 1.29 is 13.6 Å². The van der Waals surface area contributed by atoms with E-state index in [0.717, 1.165) is 34.3 Å². The van der Waals surface area contributed by atoms with Crippen LogP contribution in [-0.2, 0) is 0 Å². The molecule has 0 saturated carbocycles. The Morgan fingerprint density at radius 3 is 1.85 bits per heavy atom. The zero-order chi connectivity index (χ0) is 33.5. The number of carbonyl (C=O) groups excluding carboxylic acids is 1. The van der Waals surface area contributed by atoms with Crippen LogP contribution < -0.4 is 11.3 Å². The van der Waals surface area contributed by atoms with Crippen LogP contribution in [0.5, 0.6) is 0 Å². The third-order valence-corrected chi connectivity index (χ3v) is 7.49. The molecule has 0 aliphatic rings. The number of carbonyl (C=O) groups is 1. The first-order chi connectivity index (χ1) is 22.1. The van der Waals surface area contributed by atoms with Crippen molar-refractivity contribution in [2.45, 2.75) is 48.0 Å². The Morgan fingerprint density at radius 2 is 1.36 bits per heavy atom. The quantitative estimate of drug-likeness (QED) is 0.0597. The number of nitrogens with two attached hydrogens (primary N) is 1. The lowest BCUT2D eigenvalue weighted by atomic mass is 10.1. The Balaban J connectivity index is 0.000000258. The molecular formula is C37H44F2N6OS. The smallest absolute Gasteiger partial charge is 0.265 e. The minimum absolute atomic E-state index is 0. The van der Waals surface area contributed by atoms with Gasteiger partial charge in [0.05, 0.1) is 10.7 Å². The van der Waals surface area contributed by atoms with Gasteiger partial charge in [-0.25, -0.2) is 19.6 Å². The summed E-state index contributed by atoms with van der Waals surface area (Å²) in [5.41, 5.74) is 5.19. The van der Waals surface area contributed by atoms with Crippen LogP contribution in [0.1, 0.15) is 64.1 Å². The average Bonchev–Trinajstić information content (AvgIpc) is 3.52. The van der Waals surface area contributed by atoms with Gasteiger partial charge >= 0.3 is 0 Å². The summed E-state index contributed by atoms with van der Waals surface area (Å²) in [7, 11) is 0. The Hall–Kier alpha value is -4.67. The van der Waals surface area contributed by atoms with E-state index < -0.39 is 5.91 Å². The lowest BCUT2D eigenvalue weighted by Gasteiger charge is -2.12. The van der Waals surface area contributed by atoms with Crippen molar-refractivity contribution in [3.63, 3.8) is 0 Å². The van der Waals surface area contributed by atoms with Crippen molar-refractivity contribution in [1.82, 2.24) is 20.2 Å². The largest absolute Gasteiger partial charge is 0.290 e. The third kappa shape index (κ3) is 11.9. The maximum atomic E-state index is 13.1. The lowest BCUT2D eigenvalue weighted by molar-refractivity contribution is 0.0953. The number of halogens is 2. The van der Waals surface area contributed by atoms with E-state index in [1.165, 1.54) is 41.4 Å². The average molecular weight is 659 g/mol. The number of hydrogen-bond acceptors (Lipinski definition) is 6. The second-order valence-electron chi connectivity index (χ2n) is 10.6. The Kier molecular flexibility index (Phi) is 16.2. The number of benzene rings is 4. The molecule has 0 atom stereocenters. The summed E-state index contributed by atoms with van der Waals surface area (Å²) in [5.74, 6) is 7.25. The van der Waals surface area contributed by atoms with E-state index >= 15 is 0 Å². The summed E-state index contributed by atoms with van der Waals surface area (Å²) in [6.07, 6.45) is 0. The predicted octanol–water partition coefficient (Wildman–Crippen LogP) is 9.39. The fraction of sp³-hybridized carbons (Fsp3) is 0.243. The van der Waals surface area contributed by atoms with Crippen LogP contribution in [0, 0.1) is 17.6 Å². The van der Waals surface area contributed by atoms with Crippen molar-refractivity contribution in [1.29, 1.82) is 0 Å². The molecule has 0 radical (unpaired) electrons. The van der Waals surface area contributed by atoms with Crippen LogP contribution in [0.4, 0.5) is 14.5 Å². The number of thioether (sulfide) groups is 1. The Morgan fingerprint density at radius 1 is 0.830 bits per heavy atom. The summed E-state index contributed by atoms with van der Waals surface area (Å²) in [6.45, 7) is 10.7. The summed E-state index contributed by atoms with van der Waals surface area (Å²) in [6, 6.07) is 31.5. The predicted molar refractivity (Wildman–Crippen MR) is 192 cm³/mol. The van der Waals surface area contributed by atoms with E-state index in [-0.39, 0.29) is 25.0 Å². The molecule has 5 aromatic rings. The van der Waals surface area contributed by atoms with Gasteiger partial charge in [0.25, 0.3) is 5.91 Å². The molecule has 1 aromatic heterocycles. The number of amides is 1. The topological polar surface area (TPSA) is 98.2 Å². The highest BCUT2D eigenvalue weighted by Gasteiger charge is 2.17. The normalized spacial score (nSPS) is 10.7. The molecule has 0 aliphatic heterocycles. The van der Waals surface area contributed by atoms with E-state index in [4.69, 9.17) is 5.84 Å². The summed E-state index contributed by atoms with van der Waals surface area (Å²) in [5, 5.41) is 9.84. The van der Waals surface area contributed by atoms with Crippen molar-refractivity contribution >= 4 is 28.4 Å². The van der Waals surface area contributed by atoms with Gasteiger partial charge in [-0.05, 0) is 78.5 Å². The van der Waals surface area contributed by atoms with Crippen molar-refractivity contribution in [2.24, 2.45) is 16.8 Å². The molecule has 47 heavy (non-hydrogen) atoms. The molecule has 0 fully saturated rings. The molecule has 5 rings (SSSR count). The highest BCUT2D eigenvalue weighted by Crippen LogP contribution is 2.26. The van der Waals surface area contributed by atoms with Crippen molar-refractivity contribution in [3.05, 3.63) is 132 Å². The molecule has 0 saturated heterocycles. The van der Waals surface area contributed by atoms with Gasteiger partial charge in [0, 0.05) is 28.7 Å². The highest BCUT2D eigenvalue weighted by atomic mass is 32.2. The number of hydrogen-bond donors (Lipinski definition) is 2. The second kappa shape index (κ2) is 19.8. The molecule has 1 heterocycles. The van der Waals surface area contributed by atoms with Crippen molar-refractivity contribution in [2.75, 3.05) is 5.75 Å². The molecular weight excluding hydrogens is 615 g/mol. The van der Waals surface area contributed by atoms with Gasteiger partial charge in [-0.2, -0.15) is 0 Å². The second-order valence-corrected chi connectivity index (χ2v) is 11.9. The fourth-order valence-corrected chi connectivity index (χ4v) is 4.88. The van der Waals surface area contributed by atoms with Crippen molar-refractivity contribution in [3.8, 4) is 17.1 Å². The number of hydrazine groups is 1. The van der Waals surface area contributed by atoms with Gasteiger partial charge in [0.15, 0.2) is 5.82 Å². The first-order valence-corrected chi connectivity index (χ1v) is 15.9. The molecule has 0 spiro atoms. The number of para-hydroxylation sites is 2. The first-order valence-electron chi connectivity index (χ1n) is 14.9. The fourth-order valence-electron chi connectivity index (χ4n) is 4.08. The van der Waals surface area contributed by atoms with Gasteiger partial charge in [0.2, 0.25) is 0 Å². The monoisotopic (exact) mass is 658 g/mol. The van der Waals surface area contributed by atoms with Crippen LogP contribution in [0.2, 0.25) is 0 Å². The number of nitrogens with zero attached hydrogens (tertiary/aromatic N) is 4. The first kappa shape index (κ1) is 38.5. The van der Waals surface area contributed by atoms with Gasteiger partial charge in [-0.1, -0.05) is 78.4 Å². The minimum atomic E-state index is -0.426. The van der Waals surface area contributed by atoms with E-state index in [0.29, 0.717) is 11.5 Å². The Labute approximate surface area is 281 Å². The number of aliphatic imine (C=N–C) groups is 1. The molecule has 0 aliphatic carbocycles. The molecule has 248 valence electrons. The van der Waals surface area contributed by atoms with Crippen LogP contribution >= 0.6 is 11.8 Å². The van der Waals surface area contributed by atoms with Gasteiger partial charge < -0.3 is 0 Å². The van der Waals surface area contributed by atoms with Crippen LogP contribution in [0.3, 0.4) is 0 Å². The van der Waals surface area contributed by atoms with E-state index in [1.54, 1.807) is 12.1 Å². The zero-order valence-electron chi connectivity index (χ0n) is 26.7. The molecule has 3 N–H and O–H groups in total. The molecule has 0 bridgehead atoms. The van der Waals surface area contributed by atoms with Gasteiger partial charge in [0.1, 0.15) is 17.5 Å². The highest BCUT2D eigenvalue weighted by molar-refractivity contribution is 8.13. The maximum Gasteiger partial charge on any atom is 0.265 e. The summed E-state index contributed by atoms with van der Waals surface area (Å²) >= 11 is 1.83. The number of nitrogen functional groups attached to an aromatic ring is 1. The Bertz CT molecular complexity index is 1660. The molecule has 7 nitrogen and oxygen atoms in total. The lowest BCUT2D eigenvalue weighted by Crippen LogP contribution is -2.29. The summed E-state index contributed by atoms with van der Waals surface area (Å²) in [4.78, 5) is 15.4.